The topological polar surface area (TPSA) is 80.3 Å². The second kappa shape index (κ2) is 15.5. The van der Waals surface area contributed by atoms with Crippen LogP contribution in [0.25, 0.3) is 0 Å². The molecule has 0 N–H and O–H groups in total. The maximum Gasteiger partial charge on any atom is 0.342 e. The van der Waals surface area contributed by atoms with E-state index in [4.69, 9.17) is 35.3 Å². The molecule has 0 atom stereocenters. The summed E-state index contributed by atoms with van der Waals surface area (Å²) in [4.78, 5) is 25.5. The lowest BCUT2D eigenvalue weighted by atomic mass is 9.98. The number of carbonyl (C=O) groups excluding carboxylic acids is 2. The molecule has 0 saturated heterocycles. The number of ketones is 1. The molecule has 0 unspecified atom stereocenters. The molecule has 0 fully saturated rings. The highest BCUT2D eigenvalue weighted by Crippen LogP contribution is 2.39. The second-order valence-corrected chi connectivity index (χ2v) is 6.98. The molecule has 31 heavy (non-hydrogen) atoms. The van der Waals surface area contributed by atoms with Crippen LogP contribution in [-0.4, -0.2) is 46.2 Å². The quantitative estimate of drug-likeness (QED) is 0.143. The van der Waals surface area contributed by atoms with Crippen molar-refractivity contribution in [3.8, 4) is 11.5 Å². The molecule has 0 saturated carbocycles. The number of hydrogen-bond acceptors (Lipinski definition) is 7. The fourth-order valence-electron chi connectivity index (χ4n) is 2.72. The van der Waals surface area contributed by atoms with Gasteiger partial charge in [0.2, 0.25) is 0 Å². The highest BCUT2D eigenvalue weighted by atomic mass is 35.5. The van der Waals surface area contributed by atoms with E-state index in [0.29, 0.717) is 24.8 Å². The molecule has 172 valence electrons. The predicted molar refractivity (Wildman–Crippen MR) is 119 cm³/mol. The monoisotopic (exact) mass is 454 g/mol. The first kappa shape index (κ1) is 26.7. The smallest absolute Gasteiger partial charge is 0.342 e. The van der Waals surface area contributed by atoms with Crippen LogP contribution in [0, 0.1) is 0 Å². The summed E-state index contributed by atoms with van der Waals surface area (Å²) in [5.41, 5.74) is 0.369. The maximum atomic E-state index is 12.9. The highest BCUT2D eigenvalue weighted by Gasteiger charge is 2.27. The highest BCUT2D eigenvalue weighted by molar-refractivity contribution is 6.33. The Bertz CT molecular complexity index is 746. The Morgan fingerprint density at radius 2 is 1.65 bits per heavy atom. The predicted octanol–water partition coefficient (Wildman–Crippen LogP) is 4.90. The third-order valence-corrected chi connectivity index (χ3v) is 4.62. The van der Waals surface area contributed by atoms with E-state index in [2.05, 4.69) is 13.2 Å². The van der Waals surface area contributed by atoms with Crippen LogP contribution in [0.1, 0.15) is 48.0 Å². The van der Waals surface area contributed by atoms with Gasteiger partial charge < -0.3 is 23.7 Å². The van der Waals surface area contributed by atoms with Gasteiger partial charge in [0.25, 0.3) is 0 Å². The van der Waals surface area contributed by atoms with Crippen molar-refractivity contribution in [2.45, 2.75) is 38.5 Å². The van der Waals surface area contributed by atoms with E-state index in [9.17, 15) is 9.59 Å². The van der Waals surface area contributed by atoms with E-state index in [-0.39, 0.29) is 54.5 Å². The first-order chi connectivity index (χ1) is 15.0. The van der Waals surface area contributed by atoms with Crippen molar-refractivity contribution in [2.24, 2.45) is 0 Å². The molecule has 0 spiro atoms. The van der Waals surface area contributed by atoms with Crippen LogP contribution < -0.4 is 9.47 Å². The van der Waals surface area contributed by atoms with Gasteiger partial charge in [-0.15, -0.1) is 13.2 Å². The van der Waals surface area contributed by atoms with E-state index in [1.165, 1.54) is 20.3 Å². The Morgan fingerprint density at radius 3 is 2.26 bits per heavy atom. The van der Waals surface area contributed by atoms with Gasteiger partial charge in [0.1, 0.15) is 22.8 Å². The van der Waals surface area contributed by atoms with Gasteiger partial charge in [-0.05, 0) is 25.7 Å². The van der Waals surface area contributed by atoms with E-state index < -0.39 is 5.97 Å². The molecule has 0 aliphatic carbocycles. The number of allylic oxidation sites excluding steroid dienone is 1. The molecule has 0 radical (unpaired) electrons. The zero-order valence-electron chi connectivity index (χ0n) is 18.2. The van der Waals surface area contributed by atoms with E-state index in [1.54, 1.807) is 6.08 Å². The molecule has 7 nitrogen and oxygen atoms in total. The Morgan fingerprint density at radius 1 is 1.00 bits per heavy atom. The first-order valence-electron chi connectivity index (χ1n) is 9.99. The van der Waals surface area contributed by atoms with E-state index >= 15 is 0 Å². The Labute approximate surface area is 188 Å². The number of esters is 1. The molecule has 8 heteroatoms. The van der Waals surface area contributed by atoms with E-state index in [0.717, 1.165) is 12.8 Å². The average molecular weight is 455 g/mol. The normalized spacial score (nSPS) is 10.4. The van der Waals surface area contributed by atoms with E-state index in [1.807, 2.05) is 6.08 Å². The third-order valence-electron chi connectivity index (χ3n) is 4.20. The van der Waals surface area contributed by atoms with Crippen LogP contribution in [0.3, 0.4) is 0 Å². The number of unbranched alkanes of at least 4 members (excludes halogenated alkanes) is 2. The van der Waals surface area contributed by atoms with Gasteiger partial charge in [-0.3, -0.25) is 4.79 Å². The average Bonchev–Trinajstić information content (AvgIpc) is 2.76. The summed E-state index contributed by atoms with van der Waals surface area (Å²) in [6, 6.07) is 1.46. The Balaban J connectivity index is 3.32. The van der Waals surface area contributed by atoms with Crippen molar-refractivity contribution < 1.29 is 33.3 Å². The van der Waals surface area contributed by atoms with Crippen molar-refractivity contribution in [1.82, 2.24) is 0 Å². The zero-order valence-corrected chi connectivity index (χ0v) is 19.0. The number of hydrogen-bond donors (Lipinski definition) is 0. The summed E-state index contributed by atoms with van der Waals surface area (Å²) in [5, 5.41) is 0.136. The number of benzene rings is 1. The lowest BCUT2D eigenvalue weighted by Gasteiger charge is -2.19. The van der Waals surface area contributed by atoms with Gasteiger partial charge in [0.05, 0.1) is 11.6 Å². The summed E-state index contributed by atoms with van der Waals surface area (Å²) < 4.78 is 26.3. The molecule has 1 aromatic rings. The number of methoxy groups -OCH3 is 2. The summed E-state index contributed by atoms with van der Waals surface area (Å²) >= 11 is 6.53. The molecule has 0 bridgehead atoms. The van der Waals surface area contributed by atoms with Crippen LogP contribution in [0.15, 0.2) is 31.4 Å². The fourth-order valence-corrected chi connectivity index (χ4v) is 2.99. The summed E-state index contributed by atoms with van der Waals surface area (Å²) in [5.74, 6) is -0.336. The minimum absolute atomic E-state index is 0.0623. The van der Waals surface area contributed by atoms with Crippen molar-refractivity contribution in [1.29, 1.82) is 0 Å². The molecule has 0 aromatic heterocycles. The summed E-state index contributed by atoms with van der Waals surface area (Å²) in [6.45, 7) is 7.24. The number of halogens is 1. The minimum Gasteiger partial charge on any atom is -0.467 e. The number of Topliss-reactive ketones (excluding diaryl/α,β-unsaturated/α-hetero) is 1. The van der Waals surface area contributed by atoms with Crippen molar-refractivity contribution in [3.63, 3.8) is 0 Å². The van der Waals surface area contributed by atoms with Crippen molar-refractivity contribution in [2.75, 3.05) is 34.4 Å². The molecular weight excluding hydrogens is 424 g/mol. The third kappa shape index (κ3) is 9.12. The Hall–Kier alpha value is -2.35. The van der Waals surface area contributed by atoms with Crippen LogP contribution in [0.2, 0.25) is 5.02 Å². The largest absolute Gasteiger partial charge is 0.467 e. The molecule has 0 heterocycles. The molecule has 0 aliphatic heterocycles. The molecule has 1 aromatic carbocycles. The number of ether oxygens (including phenoxy) is 5. The lowest BCUT2D eigenvalue weighted by molar-refractivity contribution is -0.118. The van der Waals surface area contributed by atoms with Crippen LogP contribution >= 0.6 is 11.6 Å². The standard InChI is InChI=1S/C23H31ClO7/c1-5-7-9-10-11-17(25)13-18-21(23(26)29-12-8-6-2)19(30-15-27-3)14-20(22(18)24)31-16-28-4/h5-6,14H,1-2,7-13,15-16H2,3-4H3. The number of rotatable bonds is 17. The van der Waals surface area contributed by atoms with Gasteiger partial charge in [-0.2, -0.15) is 0 Å². The molecule has 1 rings (SSSR count). The summed E-state index contributed by atoms with van der Waals surface area (Å²) in [6.07, 6.45) is 6.64. The van der Waals surface area contributed by atoms with Crippen LogP contribution in [0.5, 0.6) is 11.5 Å². The van der Waals surface area contributed by atoms with Gasteiger partial charge in [0, 0.05) is 38.7 Å². The van der Waals surface area contributed by atoms with Crippen molar-refractivity contribution >= 4 is 23.4 Å². The fraction of sp³-hybridized carbons (Fsp3) is 0.478. The van der Waals surface area contributed by atoms with Gasteiger partial charge in [-0.25, -0.2) is 4.79 Å². The van der Waals surface area contributed by atoms with Gasteiger partial charge >= 0.3 is 5.97 Å². The van der Waals surface area contributed by atoms with Crippen molar-refractivity contribution in [3.05, 3.63) is 47.5 Å². The lowest BCUT2D eigenvalue weighted by Crippen LogP contribution is -2.16. The Kier molecular flexibility index (Phi) is 13.3. The zero-order chi connectivity index (χ0) is 23.1. The summed E-state index contributed by atoms with van der Waals surface area (Å²) in [7, 11) is 2.92. The maximum absolute atomic E-state index is 12.9. The van der Waals surface area contributed by atoms with Gasteiger partial charge in [-0.1, -0.05) is 23.8 Å². The molecule has 0 aliphatic rings. The molecule has 0 amide bonds. The SMILES string of the molecule is C=CCCCCC(=O)Cc1c(Cl)c(OCOC)cc(OCOC)c1C(=O)OCCC=C. The second-order valence-electron chi connectivity index (χ2n) is 6.61. The van der Waals surface area contributed by atoms with Gasteiger partial charge in [0.15, 0.2) is 13.6 Å². The molecular formula is C23H31ClO7. The van der Waals surface area contributed by atoms with Crippen LogP contribution in [-0.2, 0) is 25.4 Å². The number of carbonyl (C=O) groups is 2. The van der Waals surface area contributed by atoms with Crippen LogP contribution in [0.4, 0.5) is 0 Å². The first-order valence-corrected chi connectivity index (χ1v) is 10.4. The minimum atomic E-state index is -0.650.